The summed E-state index contributed by atoms with van der Waals surface area (Å²) in [5.41, 5.74) is 1.51. The Hall–Kier alpha value is -2.65. The number of carbonyl (C=O) groups excluding carboxylic acids is 1. The number of nitrogens with one attached hydrogen (secondary N) is 2. The molecule has 2 aromatic rings. The van der Waals surface area contributed by atoms with Gasteiger partial charge in [-0.3, -0.25) is 4.90 Å². The van der Waals surface area contributed by atoms with E-state index in [0.29, 0.717) is 30.2 Å². The summed E-state index contributed by atoms with van der Waals surface area (Å²) in [6, 6.07) is 7.87. The van der Waals surface area contributed by atoms with Crippen molar-refractivity contribution in [3.05, 3.63) is 24.3 Å². The Bertz CT molecular complexity index is 759. The fourth-order valence-corrected chi connectivity index (χ4v) is 2.92. The minimum absolute atomic E-state index is 0.211. The van der Waals surface area contributed by atoms with Gasteiger partial charge in [-0.15, -0.1) is 5.10 Å². The predicted molar refractivity (Wildman–Crippen MR) is 105 cm³/mol. The Balaban J connectivity index is 1.52. The second-order valence-electron chi connectivity index (χ2n) is 7.09. The maximum absolute atomic E-state index is 12.2. The van der Waals surface area contributed by atoms with Crippen LogP contribution in [0.1, 0.15) is 0 Å². The van der Waals surface area contributed by atoms with E-state index in [9.17, 15) is 4.79 Å². The minimum Gasteiger partial charge on any atom is -0.403 e. The normalized spacial score (nSPS) is 18.3. The highest BCUT2D eigenvalue weighted by atomic mass is 16.4. The summed E-state index contributed by atoms with van der Waals surface area (Å²) in [7, 11) is 7.87. The van der Waals surface area contributed by atoms with Gasteiger partial charge in [-0.05, 0) is 38.4 Å². The Morgan fingerprint density at radius 1 is 1.22 bits per heavy atom. The zero-order chi connectivity index (χ0) is 19.4. The van der Waals surface area contributed by atoms with Gasteiger partial charge in [-0.1, -0.05) is 5.10 Å². The molecule has 3 rings (SSSR count). The molecule has 1 aromatic heterocycles. The predicted octanol–water partition coefficient (Wildman–Crippen LogP) is 1.17. The average Bonchev–Trinajstić information content (AvgIpc) is 3.13. The molecule has 146 valence electrons. The second-order valence-corrected chi connectivity index (χ2v) is 7.09. The van der Waals surface area contributed by atoms with E-state index in [1.54, 1.807) is 4.90 Å². The Morgan fingerprint density at radius 2 is 1.96 bits per heavy atom. The van der Waals surface area contributed by atoms with Crippen molar-refractivity contribution in [2.45, 2.75) is 6.04 Å². The topological polar surface area (TPSA) is 89.8 Å². The number of urea groups is 1. The number of hydrogen-bond donors (Lipinski definition) is 2. The number of piperazine rings is 1. The number of aromatic nitrogens is 2. The third kappa shape index (κ3) is 4.95. The van der Waals surface area contributed by atoms with Crippen LogP contribution in [0.2, 0.25) is 0 Å². The van der Waals surface area contributed by atoms with Gasteiger partial charge in [0.2, 0.25) is 5.89 Å². The maximum Gasteiger partial charge on any atom is 0.319 e. The van der Waals surface area contributed by atoms with E-state index in [1.807, 2.05) is 38.4 Å². The molecule has 27 heavy (non-hydrogen) atoms. The van der Waals surface area contributed by atoms with Gasteiger partial charge in [-0.2, -0.15) is 0 Å². The molecule has 2 heterocycles. The number of amides is 2. The van der Waals surface area contributed by atoms with Crippen LogP contribution >= 0.6 is 0 Å². The van der Waals surface area contributed by atoms with Crippen LogP contribution in [0.5, 0.6) is 0 Å². The van der Waals surface area contributed by atoms with Crippen LogP contribution in [-0.4, -0.2) is 86.4 Å². The molecule has 0 bridgehead atoms. The summed E-state index contributed by atoms with van der Waals surface area (Å²) in [6.07, 6.45) is 0. The van der Waals surface area contributed by atoms with E-state index in [4.69, 9.17) is 4.42 Å². The van der Waals surface area contributed by atoms with Gasteiger partial charge in [0.25, 0.3) is 0 Å². The fraction of sp³-hybridized carbons (Fsp3) is 0.500. The largest absolute Gasteiger partial charge is 0.403 e. The zero-order valence-corrected chi connectivity index (χ0v) is 16.3. The molecule has 1 fully saturated rings. The third-order valence-corrected chi connectivity index (χ3v) is 4.67. The second kappa shape index (κ2) is 8.36. The van der Waals surface area contributed by atoms with E-state index in [2.05, 4.69) is 44.7 Å². The standard InChI is InChI=1S/C18H27N7O2/c1-23(2)18-22-21-16(27-18)13-5-7-14(8-6-13)20-17(26)19-11-15-12-24(3)9-10-25(15)4/h5-8,15H,9-12H2,1-4H3,(H2,19,20,26)/t15-/m1/s1. The number of likely N-dealkylation sites (N-methyl/N-ethyl adjacent to an activating group) is 2. The third-order valence-electron chi connectivity index (χ3n) is 4.67. The molecular formula is C18H27N7O2. The first-order valence-electron chi connectivity index (χ1n) is 8.97. The molecule has 0 saturated carbocycles. The van der Waals surface area contributed by atoms with Gasteiger partial charge in [0.05, 0.1) is 0 Å². The van der Waals surface area contributed by atoms with Gasteiger partial charge in [0, 0.05) is 57.6 Å². The first-order valence-corrected chi connectivity index (χ1v) is 8.97. The van der Waals surface area contributed by atoms with Gasteiger partial charge in [-0.25, -0.2) is 4.79 Å². The van der Waals surface area contributed by atoms with Crippen molar-refractivity contribution in [1.29, 1.82) is 0 Å². The molecule has 0 spiro atoms. The molecule has 2 amide bonds. The maximum atomic E-state index is 12.2. The molecule has 0 unspecified atom stereocenters. The Labute approximate surface area is 159 Å². The van der Waals surface area contributed by atoms with Crippen molar-refractivity contribution in [3.63, 3.8) is 0 Å². The molecule has 1 saturated heterocycles. The SMILES string of the molecule is CN1CCN(C)[C@H](CNC(=O)Nc2ccc(-c3nnc(N(C)C)o3)cc2)C1. The molecule has 1 aromatic carbocycles. The van der Waals surface area contributed by atoms with Crippen molar-refractivity contribution in [2.75, 3.05) is 64.6 Å². The van der Waals surface area contributed by atoms with E-state index < -0.39 is 0 Å². The first-order chi connectivity index (χ1) is 12.9. The van der Waals surface area contributed by atoms with Crippen LogP contribution in [0.25, 0.3) is 11.5 Å². The molecule has 1 atom stereocenters. The Morgan fingerprint density at radius 3 is 2.63 bits per heavy atom. The summed E-state index contributed by atoms with van der Waals surface area (Å²) in [4.78, 5) is 18.5. The smallest absolute Gasteiger partial charge is 0.319 e. The number of benzene rings is 1. The lowest BCUT2D eigenvalue weighted by Crippen LogP contribution is -2.54. The van der Waals surface area contributed by atoms with Crippen molar-refractivity contribution >= 4 is 17.7 Å². The summed E-state index contributed by atoms with van der Waals surface area (Å²) in [6.45, 7) is 3.63. The number of anilines is 2. The lowest BCUT2D eigenvalue weighted by atomic mass is 10.2. The zero-order valence-electron chi connectivity index (χ0n) is 16.3. The molecule has 9 heteroatoms. The van der Waals surface area contributed by atoms with Gasteiger partial charge < -0.3 is 24.9 Å². The van der Waals surface area contributed by atoms with Crippen LogP contribution in [0.3, 0.4) is 0 Å². The van der Waals surface area contributed by atoms with Crippen molar-refractivity contribution in [3.8, 4) is 11.5 Å². The van der Waals surface area contributed by atoms with Crippen LogP contribution < -0.4 is 15.5 Å². The average molecular weight is 373 g/mol. The number of nitrogens with zero attached hydrogens (tertiary/aromatic N) is 5. The van der Waals surface area contributed by atoms with Gasteiger partial charge in [0.1, 0.15) is 0 Å². The monoisotopic (exact) mass is 373 g/mol. The highest BCUT2D eigenvalue weighted by Crippen LogP contribution is 2.22. The van der Waals surface area contributed by atoms with Gasteiger partial charge in [0.15, 0.2) is 0 Å². The van der Waals surface area contributed by atoms with Crippen LogP contribution in [0, 0.1) is 0 Å². The summed E-state index contributed by atoms with van der Waals surface area (Å²) < 4.78 is 5.57. The number of carbonyl (C=O) groups is 1. The van der Waals surface area contributed by atoms with E-state index >= 15 is 0 Å². The summed E-state index contributed by atoms with van der Waals surface area (Å²) in [5, 5.41) is 13.8. The quantitative estimate of drug-likeness (QED) is 0.813. The highest BCUT2D eigenvalue weighted by Gasteiger charge is 2.22. The van der Waals surface area contributed by atoms with Crippen molar-refractivity contribution in [2.24, 2.45) is 0 Å². The molecule has 1 aliphatic heterocycles. The number of rotatable bonds is 5. The fourth-order valence-electron chi connectivity index (χ4n) is 2.92. The first kappa shape index (κ1) is 19.1. The lowest BCUT2D eigenvalue weighted by Gasteiger charge is -2.37. The molecular weight excluding hydrogens is 346 g/mol. The molecule has 0 aliphatic carbocycles. The lowest BCUT2D eigenvalue weighted by molar-refractivity contribution is 0.115. The van der Waals surface area contributed by atoms with Crippen LogP contribution in [-0.2, 0) is 0 Å². The van der Waals surface area contributed by atoms with E-state index in [-0.39, 0.29) is 6.03 Å². The molecule has 1 aliphatic rings. The molecule has 0 radical (unpaired) electrons. The van der Waals surface area contributed by atoms with Crippen LogP contribution in [0.15, 0.2) is 28.7 Å². The summed E-state index contributed by atoms with van der Waals surface area (Å²) in [5.74, 6) is 0.444. The van der Waals surface area contributed by atoms with E-state index in [1.165, 1.54) is 0 Å². The van der Waals surface area contributed by atoms with Crippen molar-refractivity contribution < 1.29 is 9.21 Å². The molecule has 9 nitrogen and oxygen atoms in total. The van der Waals surface area contributed by atoms with Crippen molar-refractivity contribution in [1.82, 2.24) is 25.3 Å². The minimum atomic E-state index is -0.211. The Kier molecular flexibility index (Phi) is 5.92. The van der Waals surface area contributed by atoms with E-state index in [0.717, 1.165) is 25.2 Å². The molecule has 2 N–H and O–H groups in total. The number of hydrogen-bond acceptors (Lipinski definition) is 7. The van der Waals surface area contributed by atoms with Gasteiger partial charge >= 0.3 is 12.0 Å². The van der Waals surface area contributed by atoms with Crippen LogP contribution in [0.4, 0.5) is 16.5 Å². The highest BCUT2D eigenvalue weighted by molar-refractivity contribution is 5.89. The summed E-state index contributed by atoms with van der Waals surface area (Å²) >= 11 is 0.